The molecule has 0 aliphatic rings. The van der Waals surface area contributed by atoms with Gasteiger partial charge in [0.15, 0.2) is 0 Å². The lowest BCUT2D eigenvalue weighted by atomic mass is 10.0. The van der Waals surface area contributed by atoms with E-state index in [-0.39, 0.29) is 11.9 Å². The highest BCUT2D eigenvalue weighted by Gasteiger charge is 2.06. The van der Waals surface area contributed by atoms with Gasteiger partial charge in [-0.1, -0.05) is 29.3 Å². The Balaban J connectivity index is 2.58. The number of rotatable bonds is 5. The van der Waals surface area contributed by atoms with Crippen molar-refractivity contribution in [3.8, 4) is 0 Å². The lowest BCUT2D eigenvalue weighted by Crippen LogP contribution is -2.24. The van der Waals surface area contributed by atoms with Crippen molar-refractivity contribution in [3.05, 3.63) is 34.9 Å². The molecule has 3 N–H and O–H groups in total. The maximum atomic E-state index is 10.6. The first-order valence-electron chi connectivity index (χ1n) is 5.59. The minimum Gasteiger partial charge on any atom is -0.370 e. The number of primary amides is 1. The van der Waals surface area contributed by atoms with E-state index in [2.05, 4.69) is 44.3 Å². The van der Waals surface area contributed by atoms with Crippen molar-refractivity contribution in [1.82, 2.24) is 5.32 Å². The third kappa shape index (κ3) is 4.03. The maximum Gasteiger partial charge on any atom is 0.218 e. The summed E-state index contributed by atoms with van der Waals surface area (Å²) < 4.78 is 0. The summed E-state index contributed by atoms with van der Waals surface area (Å²) in [5, 5.41) is 3.28. The molecule has 0 fully saturated rings. The zero-order valence-corrected chi connectivity index (χ0v) is 10.2. The van der Waals surface area contributed by atoms with Crippen LogP contribution in [0.15, 0.2) is 18.2 Å². The molecular weight excluding hydrogens is 200 g/mol. The molecule has 88 valence electrons. The summed E-state index contributed by atoms with van der Waals surface area (Å²) >= 11 is 0. The van der Waals surface area contributed by atoms with E-state index < -0.39 is 0 Å². The van der Waals surface area contributed by atoms with Gasteiger partial charge < -0.3 is 11.1 Å². The highest BCUT2D eigenvalue weighted by molar-refractivity contribution is 5.73. The molecule has 1 aromatic rings. The summed E-state index contributed by atoms with van der Waals surface area (Å²) in [6.07, 6.45) is 0.384. The normalized spacial score (nSPS) is 12.4. The smallest absolute Gasteiger partial charge is 0.218 e. The van der Waals surface area contributed by atoms with E-state index in [9.17, 15) is 4.79 Å². The molecule has 0 aliphatic heterocycles. The first kappa shape index (κ1) is 12.7. The summed E-state index contributed by atoms with van der Waals surface area (Å²) in [5.74, 6) is -0.264. The Labute approximate surface area is 97.0 Å². The van der Waals surface area contributed by atoms with Crippen molar-refractivity contribution in [3.63, 3.8) is 0 Å². The Morgan fingerprint density at radius 1 is 1.31 bits per heavy atom. The van der Waals surface area contributed by atoms with Gasteiger partial charge in [0.1, 0.15) is 0 Å². The van der Waals surface area contributed by atoms with Crippen molar-refractivity contribution >= 4 is 5.91 Å². The van der Waals surface area contributed by atoms with Crippen molar-refractivity contribution < 1.29 is 4.79 Å². The third-order valence-corrected chi connectivity index (χ3v) is 2.57. The van der Waals surface area contributed by atoms with Crippen LogP contribution in [0.4, 0.5) is 0 Å². The molecule has 0 spiro atoms. The Hall–Kier alpha value is -1.35. The van der Waals surface area contributed by atoms with Gasteiger partial charge in [0.05, 0.1) is 0 Å². The number of hydrogen-bond donors (Lipinski definition) is 2. The molecule has 1 rings (SSSR count). The lowest BCUT2D eigenvalue weighted by molar-refractivity contribution is -0.117. The van der Waals surface area contributed by atoms with Crippen LogP contribution < -0.4 is 11.1 Å². The largest absolute Gasteiger partial charge is 0.370 e. The lowest BCUT2D eigenvalue weighted by Gasteiger charge is -2.15. The quantitative estimate of drug-likeness (QED) is 0.795. The van der Waals surface area contributed by atoms with E-state index in [1.54, 1.807) is 0 Å². The summed E-state index contributed by atoms with van der Waals surface area (Å²) in [6, 6.07) is 6.72. The molecule has 1 amide bonds. The molecule has 0 saturated carbocycles. The molecule has 1 atom stereocenters. The van der Waals surface area contributed by atoms with E-state index in [1.165, 1.54) is 16.7 Å². The van der Waals surface area contributed by atoms with Crippen LogP contribution in [0.3, 0.4) is 0 Å². The number of hydrogen-bond acceptors (Lipinski definition) is 2. The molecule has 1 aromatic carbocycles. The maximum absolute atomic E-state index is 10.6. The minimum atomic E-state index is -0.264. The van der Waals surface area contributed by atoms with Gasteiger partial charge in [-0.25, -0.2) is 0 Å². The van der Waals surface area contributed by atoms with E-state index >= 15 is 0 Å². The van der Waals surface area contributed by atoms with Gasteiger partial charge in [-0.3, -0.25) is 4.79 Å². The monoisotopic (exact) mass is 220 g/mol. The van der Waals surface area contributed by atoms with E-state index in [0.29, 0.717) is 13.0 Å². The Morgan fingerprint density at radius 2 is 1.88 bits per heavy atom. The van der Waals surface area contributed by atoms with Crippen molar-refractivity contribution in [2.75, 3.05) is 6.54 Å². The molecule has 0 bridgehead atoms. The van der Waals surface area contributed by atoms with Gasteiger partial charge in [0.2, 0.25) is 5.91 Å². The number of nitrogens with one attached hydrogen (secondary N) is 1. The van der Waals surface area contributed by atoms with Crippen LogP contribution in [0.5, 0.6) is 0 Å². The van der Waals surface area contributed by atoms with Gasteiger partial charge in [0.25, 0.3) is 0 Å². The number of carbonyl (C=O) groups excluding carboxylic acids is 1. The van der Waals surface area contributed by atoms with Crippen LogP contribution >= 0.6 is 0 Å². The summed E-state index contributed by atoms with van der Waals surface area (Å²) in [5.41, 5.74) is 8.86. The second-order valence-corrected chi connectivity index (χ2v) is 4.31. The third-order valence-electron chi connectivity index (χ3n) is 2.57. The summed E-state index contributed by atoms with van der Waals surface area (Å²) in [6.45, 7) is 6.90. The molecule has 0 aliphatic carbocycles. The Morgan fingerprint density at radius 3 is 2.38 bits per heavy atom. The summed E-state index contributed by atoms with van der Waals surface area (Å²) in [7, 11) is 0. The van der Waals surface area contributed by atoms with Gasteiger partial charge in [-0.15, -0.1) is 0 Å². The standard InChI is InChI=1S/C13H20N2O/c1-9-6-10(2)8-12(7-9)11(3)15-5-4-13(14)16/h6-8,11,15H,4-5H2,1-3H3,(H2,14,16). The number of nitrogens with two attached hydrogens (primary N) is 1. The van der Waals surface area contributed by atoms with Crippen molar-refractivity contribution in [2.24, 2.45) is 5.73 Å². The second kappa shape index (κ2) is 5.66. The highest BCUT2D eigenvalue weighted by atomic mass is 16.1. The van der Waals surface area contributed by atoms with Crippen molar-refractivity contribution in [1.29, 1.82) is 0 Å². The number of carbonyl (C=O) groups is 1. The molecule has 0 radical (unpaired) electrons. The van der Waals surface area contributed by atoms with E-state index in [4.69, 9.17) is 5.73 Å². The minimum absolute atomic E-state index is 0.248. The number of benzene rings is 1. The van der Waals surface area contributed by atoms with Crippen LogP contribution in [-0.2, 0) is 4.79 Å². The SMILES string of the molecule is Cc1cc(C)cc(C(C)NCCC(N)=O)c1. The predicted octanol–water partition coefficient (Wildman–Crippen LogP) is 1.83. The number of amides is 1. The fourth-order valence-corrected chi connectivity index (χ4v) is 1.79. The van der Waals surface area contributed by atoms with Gasteiger partial charge in [-0.05, 0) is 26.3 Å². The Bertz CT molecular complexity index is 354. The Kier molecular flexibility index (Phi) is 4.50. The van der Waals surface area contributed by atoms with Crippen LogP contribution in [0.2, 0.25) is 0 Å². The van der Waals surface area contributed by atoms with Crippen molar-refractivity contribution in [2.45, 2.75) is 33.2 Å². The molecule has 0 saturated heterocycles. The van der Waals surface area contributed by atoms with Gasteiger partial charge in [0, 0.05) is 19.0 Å². The fraction of sp³-hybridized carbons (Fsp3) is 0.462. The molecule has 0 heterocycles. The average molecular weight is 220 g/mol. The van der Waals surface area contributed by atoms with E-state index in [0.717, 1.165) is 0 Å². The molecule has 3 nitrogen and oxygen atoms in total. The first-order valence-corrected chi connectivity index (χ1v) is 5.59. The highest BCUT2D eigenvalue weighted by Crippen LogP contribution is 2.16. The molecular formula is C13H20N2O. The molecule has 16 heavy (non-hydrogen) atoms. The van der Waals surface area contributed by atoms with Gasteiger partial charge >= 0.3 is 0 Å². The first-order chi connectivity index (χ1) is 7.49. The van der Waals surface area contributed by atoms with Crippen LogP contribution in [0.25, 0.3) is 0 Å². The van der Waals surface area contributed by atoms with Crippen LogP contribution in [0.1, 0.15) is 36.1 Å². The molecule has 0 aromatic heterocycles. The number of aryl methyl sites for hydroxylation is 2. The van der Waals surface area contributed by atoms with Gasteiger partial charge in [-0.2, -0.15) is 0 Å². The second-order valence-electron chi connectivity index (χ2n) is 4.31. The predicted molar refractivity (Wildman–Crippen MR) is 66.1 cm³/mol. The molecule has 1 unspecified atom stereocenters. The van der Waals surface area contributed by atoms with Crippen LogP contribution in [-0.4, -0.2) is 12.5 Å². The van der Waals surface area contributed by atoms with E-state index in [1.807, 2.05) is 0 Å². The van der Waals surface area contributed by atoms with Crippen LogP contribution in [0, 0.1) is 13.8 Å². The summed E-state index contributed by atoms with van der Waals surface area (Å²) in [4.78, 5) is 10.6. The topological polar surface area (TPSA) is 55.1 Å². The average Bonchev–Trinajstić information content (AvgIpc) is 2.15. The zero-order chi connectivity index (χ0) is 12.1. The zero-order valence-electron chi connectivity index (χ0n) is 10.2. The fourth-order valence-electron chi connectivity index (χ4n) is 1.79. The molecule has 3 heteroatoms.